The molecule has 0 saturated carbocycles. The number of fused-ring (bicyclic) bond motifs is 1. The van der Waals surface area contributed by atoms with Gasteiger partial charge >= 0.3 is 0 Å². The maximum absolute atomic E-state index is 12.8. The van der Waals surface area contributed by atoms with Crippen molar-refractivity contribution in [3.8, 4) is 0 Å². The fourth-order valence-corrected chi connectivity index (χ4v) is 2.62. The fraction of sp³-hybridized carbons (Fsp3) is 0.154. The summed E-state index contributed by atoms with van der Waals surface area (Å²) in [5.74, 6) is -0.264. The summed E-state index contributed by atoms with van der Waals surface area (Å²) >= 11 is 1.30. The van der Waals surface area contributed by atoms with Crippen molar-refractivity contribution < 1.29 is 4.39 Å². The van der Waals surface area contributed by atoms with E-state index in [1.807, 2.05) is 0 Å². The van der Waals surface area contributed by atoms with Crippen LogP contribution in [0.2, 0.25) is 0 Å². The van der Waals surface area contributed by atoms with Gasteiger partial charge in [-0.15, -0.1) is 5.10 Å². The average molecular weight is 290 g/mol. The highest BCUT2D eigenvalue weighted by molar-refractivity contribution is 7.20. The van der Waals surface area contributed by atoms with Gasteiger partial charge in [0, 0.05) is 18.3 Å². The Morgan fingerprint density at radius 3 is 2.85 bits per heavy atom. The van der Waals surface area contributed by atoms with E-state index in [1.165, 1.54) is 34.1 Å². The average Bonchev–Trinajstić information content (AvgIpc) is 2.81. The van der Waals surface area contributed by atoms with Crippen LogP contribution >= 0.6 is 11.3 Å². The Balaban J connectivity index is 1.83. The molecule has 3 aromatic rings. The zero-order valence-electron chi connectivity index (χ0n) is 10.6. The monoisotopic (exact) mass is 290 g/mol. The molecule has 5 nitrogen and oxygen atoms in total. The van der Waals surface area contributed by atoms with Gasteiger partial charge in [0.05, 0.1) is 0 Å². The molecule has 0 unspecified atom stereocenters. The maximum atomic E-state index is 12.8. The second-order valence-electron chi connectivity index (χ2n) is 4.32. The predicted molar refractivity (Wildman–Crippen MR) is 75.6 cm³/mol. The number of aryl methyl sites for hydroxylation is 1. The molecule has 0 amide bonds. The highest BCUT2D eigenvalue weighted by Gasteiger charge is 2.07. The Morgan fingerprint density at radius 2 is 2.10 bits per heavy atom. The molecule has 2 aromatic heterocycles. The Hall–Kier alpha value is -2.28. The molecule has 0 radical (unpaired) electrons. The first-order valence-corrected chi connectivity index (χ1v) is 6.79. The van der Waals surface area contributed by atoms with Crippen molar-refractivity contribution in [2.24, 2.45) is 0 Å². The normalized spacial score (nSPS) is 10.9. The van der Waals surface area contributed by atoms with Crippen molar-refractivity contribution in [1.29, 1.82) is 0 Å². The Bertz CT molecular complexity index is 809. The smallest absolute Gasteiger partial charge is 0.275 e. The van der Waals surface area contributed by atoms with E-state index in [-0.39, 0.29) is 11.4 Å². The van der Waals surface area contributed by atoms with Crippen LogP contribution in [0.4, 0.5) is 9.52 Å². The van der Waals surface area contributed by atoms with Gasteiger partial charge in [0.15, 0.2) is 0 Å². The number of nitrogens with zero attached hydrogens (tertiary/aromatic N) is 3. The molecule has 0 spiro atoms. The zero-order valence-corrected chi connectivity index (χ0v) is 11.4. The number of hydrogen-bond donors (Lipinski definition) is 1. The second kappa shape index (κ2) is 5.01. The summed E-state index contributed by atoms with van der Waals surface area (Å²) in [5, 5.41) is 7.86. The Morgan fingerprint density at radius 1 is 1.35 bits per heavy atom. The lowest BCUT2D eigenvalue weighted by Gasteiger charge is -2.01. The lowest BCUT2D eigenvalue weighted by atomic mass is 10.2. The van der Waals surface area contributed by atoms with Crippen LogP contribution in [-0.4, -0.2) is 14.6 Å². The van der Waals surface area contributed by atoms with Crippen molar-refractivity contribution >= 4 is 21.4 Å². The van der Waals surface area contributed by atoms with E-state index in [9.17, 15) is 9.18 Å². The number of halogens is 1. The van der Waals surface area contributed by atoms with Gasteiger partial charge in [-0.25, -0.2) is 9.37 Å². The van der Waals surface area contributed by atoms with E-state index < -0.39 is 0 Å². The SMILES string of the molecule is Cc1cc(=O)n2nc(NCc3ccc(F)cc3)sc2n1. The number of aromatic nitrogens is 3. The minimum absolute atomic E-state index is 0.196. The van der Waals surface area contributed by atoms with E-state index in [4.69, 9.17) is 0 Å². The molecule has 0 aliphatic carbocycles. The third-order valence-corrected chi connectivity index (χ3v) is 3.60. The van der Waals surface area contributed by atoms with Gasteiger partial charge in [-0.2, -0.15) is 4.52 Å². The summed E-state index contributed by atoms with van der Waals surface area (Å²) in [6.07, 6.45) is 0. The maximum Gasteiger partial charge on any atom is 0.275 e. The van der Waals surface area contributed by atoms with Gasteiger partial charge in [-0.1, -0.05) is 23.5 Å². The van der Waals surface area contributed by atoms with Gasteiger partial charge in [-0.3, -0.25) is 4.79 Å². The summed E-state index contributed by atoms with van der Waals surface area (Å²) in [6.45, 7) is 2.28. The van der Waals surface area contributed by atoms with Crippen LogP contribution in [0.3, 0.4) is 0 Å². The molecular formula is C13H11FN4OS. The summed E-state index contributed by atoms with van der Waals surface area (Å²) in [4.78, 5) is 16.5. The molecule has 1 N–H and O–H groups in total. The minimum Gasteiger partial charge on any atom is -0.356 e. The van der Waals surface area contributed by atoms with E-state index in [2.05, 4.69) is 15.4 Å². The predicted octanol–water partition coefficient (Wildman–Crippen LogP) is 2.21. The Labute approximate surface area is 117 Å². The van der Waals surface area contributed by atoms with Crippen LogP contribution in [-0.2, 0) is 6.54 Å². The lowest BCUT2D eigenvalue weighted by Crippen LogP contribution is -2.14. The zero-order chi connectivity index (χ0) is 14.1. The van der Waals surface area contributed by atoms with Crippen LogP contribution in [0.5, 0.6) is 0 Å². The highest BCUT2D eigenvalue weighted by Crippen LogP contribution is 2.17. The van der Waals surface area contributed by atoms with Crippen molar-refractivity contribution in [2.45, 2.75) is 13.5 Å². The highest BCUT2D eigenvalue weighted by atomic mass is 32.1. The molecule has 0 aliphatic rings. The van der Waals surface area contributed by atoms with Gasteiger partial charge in [-0.05, 0) is 24.6 Å². The largest absolute Gasteiger partial charge is 0.356 e. The number of rotatable bonds is 3. The molecule has 2 heterocycles. The van der Waals surface area contributed by atoms with E-state index in [0.717, 1.165) is 5.56 Å². The van der Waals surface area contributed by atoms with Crippen molar-refractivity contribution in [3.63, 3.8) is 0 Å². The van der Waals surface area contributed by atoms with Crippen molar-refractivity contribution in [2.75, 3.05) is 5.32 Å². The molecule has 0 bridgehead atoms. The molecule has 0 saturated heterocycles. The van der Waals surface area contributed by atoms with Gasteiger partial charge in [0.25, 0.3) is 5.56 Å². The fourth-order valence-electron chi connectivity index (χ4n) is 1.77. The number of benzene rings is 1. The second-order valence-corrected chi connectivity index (χ2v) is 5.27. The van der Waals surface area contributed by atoms with E-state index in [0.29, 0.717) is 22.3 Å². The molecule has 0 atom stereocenters. The first-order valence-electron chi connectivity index (χ1n) is 5.98. The molecule has 3 rings (SSSR count). The molecule has 20 heavy (non-hydrogen) atoms. The van der Waals surface area contributed by atoms with Crippen LogP contribution in [0.25, 0.3) is 4.96 Å². The molecule has 102 valence electrons. The van der Waals surface area contributed by atoms with Crippen molar-refractivity contribution in [1.82, 2.24) is 14.6 Å². The molecular weight excluding hydrogens is 279 g/mol. The quantitative estimate of drug-likeness (QED) is 0.803. The molecule has 1 aromatic carbocycles. The minimum atomic E-state index is -0.264. The number of hydrogen-bond acceptors (Lipinski definition) is 5. The van der Waals surface area contributed by atoms with Crippen LogP contribution in [0.1, 0.15) is 11.3 Å². The van der Waals surface area contributed by atoms with Crippen LogP contribution in [0.15, 0.2) is 35.1 Å². The number of nitrogens with one attached hydrogen (secondary N) is 1. The van der Waals surface area contributed by atoms with Crippen LogP contribution < -0.4 is 10.9 Å². The summed E-state index contributed by atoms with van der Waals surface area (Å²) < 4.78 is 14.1. The molecule has 0 fully saturated rings. The van der Waals surface area contributed by atoms with Crippen molar-refractivity contribution in [3.05, 3.63) is 57.8 Å². The summed E-state index contributed by atoms with van der Waals surface area (Å²) in [5.41, 5.74) is 1.41. The van der Waals surface area contributed by atoms with Gasteiger partial charge in [0.1, 0.15) is 5.82 Å². The third-order valence-electron chi connectivity index (χ3n) is 2.73. The number of anilines is 1. The summed E-state index contributed by atoms with van der Waals surface area (Å²) in [6, 6.07) is 7.65. The van der Waals surface area contributed by atoms with E-state index >= 15 is 0 Å². The Kier molecular flexibility index (Phi) is 3.19. The van der Waals surface area contributed by atoms with Gasteiger partial charge in [0.2, 0.25) is 10.1 Å². The molecule has 7 heteroatoms. The summed E-state index contributed by atoms with van der Waals surface area (Å²) in [7, 11) is 0. The van der Waals surface area contributed by atoms with Crippen LogP contribution in [0, 0.1) is 12.7 Å². The van der Waals surface area contributed by atoms with Gasteiger partial charge < -0.3 is 5.32 Å². The molecule has 0 aliphatic heterocycles. The lowest BCUT2D eigenvalue weighted by molar-refractivity contribution is 0.627. The standard InChI is InChI=1S/C13H11FN4OS/c1-8-6-11(19)18-13(16-8)20-12(17-18)15-7-9-2-4-10(14)5-3-9/h2-6H,7H2,1H3,(H,15,17). The first kappa shape index (κ1) is 12.7. The third kappa shape index (κ3) is 2.53. The topological polar surface area (TPSA) is 59.3 Å². The first-order chi connectivity index (χ1) is 9.61. The van der Waals surface area contributed by atoms with E-state index in [1.54, 1.807) is 19.1 Å².